The molecule has 0 radical (unpaired) electrons. The molecule has 0 aliphatic carbocycles. The number of alkyl halides is 2. The Bertz CT molecular complexity index is 332. The molecule has 1 fully saturated rings. The zero-order valence-corrected chi connectivity index (χ0v) is 9.33. The summed E-state index contributed by atoms with van der Waals surface area (Å²) < 4.78 is 30.0. The third kappa shape index (κ3) is 2.78. The number of aryl methyl sites for hydroxylation is 1. The molecule has 16 heavy (non-hydrogen) atoms. The lowest BCUT2D eigenvalue weighted by molar-refractivity contribution is 0.0318. The maximum absolute atomic E-state index is 12.4. The third-order valence-electron chi connectivity index (χ3n) is 3.04. The smallest absolute Gasteiger partial charge is 0.241 e. The van der Waals surface area contributed by atoms with Gasteiger partial charge < -0.3 is 4.52 Å². The fourth-order valence-corrected chi connectivity index (χ4v) is 2.07. The lowest BCUT2D eigenvalue weighted by Gasteiger charge is -2.30. The van der Waals surface area contributed by atoms with Gasteiger partial charge in [-0.3, -0.25) is 4.90 Å². The molecule has 1 saturated heterocycles. The zero-order valence-electron chi connectivity index (χ0n) is 9.33. The summed E-state index contributed by atoms with van der Waals surface area (Å²) in [4.78, 5) is 2.14. The topological polar surface area (TPSA) is 29.3 Å². The van der Waals surface area contributed by atoms with Crippen LogP contribution in [0.5, 0.6) is 0 Å². The zero-order chi connectivity index (χ0) is 11.5. The molecule has 0 atom stereocenters. The Hall–Kier alpha value is -0.970. The first-order chi connectivity index (χ1) is 7.65. The number of rotatable bonds is 3. The van der Waals surface area contributed by atoms with E-state index in [9.17, 15) is 8.78 Å². The molecule has 1 aromatic rings. The van der Waals surface area contributed by atoms with Crippen LogP contribution < -0.4 is 0 Å². The molecule has 2 rings (SSSR count). The average molecular weight is 230 g/mol. The summed E-state index contributed by atoms with van der Waals surface area (Å²) in [7, 11) is 0. The quantitative estimate of drug-likeness (QED) is 0.798. The van der Waals surface area contributed by atoms with E-state index in [4.69, 9.17) is 4.52 Å². The first kappa shape index (κ1) is 11.5. The number of hydrogen-bond donors (Lipinski definition) is 0. The molecule has 0 N–H and O–H groups in total. The van der Waals surface area contributed by atoms with E-state index < -0.39 is 12.3 Å². The van der Waals surface area contributed by atoms with Crippen molar-refractivity contribution in [1.29, 1.82) is 0 Å². The molecule has 3 nitrogen and oxygen atoms in total. The van der Waals surface area contributed by atoms with E-state index in [-0.39, 0.29) is 0 Å². The van der Waals surface area contributed by atoms with Crippen LogP contribution in [0.25, 0.3) is 0 Å². The molecular formula is C11H16F2N2O. The lowest BCUT2D eigenvalue weighted by Crippen LogP contribution is -2.35. The Balaban J connectivity index is 1.81. The van der Waals surface area contributed by atoms with E-state index in [2.05, 4.69) is 10.1 Å². The van der Waals surface area contributed by atoms with Crippen LogP contribution >= 0.6 is 0 Å². The van der Waals surface area contributed by atoms with Gasteiger partial charge in [0.15, 0.2) is 5.76 Å². The Labute approximate surface area is 93.4 Å². The van der Waals surface area contributed by atoms with Gasteiger partial charge in [-0.05, 0) is 32.9 Å². The monoisotopic (exact) mass is 230 g/mol. The van der Waals surface area contributed by atoms with E-state index in [1.807, 2.05) is 13.0 Å². The van der Waals surface area contributed by atoms with Crippen molar-refractivity contribution in [2.24, 2.45) is 5.92 Å². The molecule has 0 unspecified atom stereocenters. The molecule has 90 valence electrons. The standard InChI is InChI=1S/C11H16F2N2O/c1-8-6-10(16-14-8)7-15-4-2-9(3-5-15)11(12)13/h6,9,11H,2-5,7H2,1H3. The fourth-order valence-electron chi connectivity index (χ4n) is 2.07. The van der Waals surface area contributed by atoms with Crippen LogP contribution in [0.15, 0.2) is 10.6 Å². The van der Waals surface area contributed by atoms with E-state index in [1.54, 1.807) is 0 Å². The highest BCUT2D eigenvalue weighted by Crippen LogP contribution is 2.24. The van der Waals surface area contributed by atoms with Crippen LogP contribution in [0.4, 0.5) is 8.78 Å². The molecule has 0 aromatic carbocycles. The largest absolute Gasteiger partial charge is 0.360 e. The molecule has 5 heteroatoms. The van der Waals surface area contributed by atoms with Gasteiger partial charge in [0.05, 0.1) is 12.2 Å². The van der Waals surface area contributed by atoms with Crippen LogP contribution in [-0.4, -0.2) is 29.6 Å². The minimum Gasteiger partial charge on any atom is -0.360 e. The molecule has 1 aliphatic rings. The average Bonchev–Trinajstić information content (AvgIpc) is 2.65. The predicted octanol–water partition coefficient (Wildman–Crippen LogP) is 2.46. The number of aromatic nitrogens is 1. The Morgan fingerprint density at radius 3 is 2.69 bits per heavy atom. The van der Waals surface area contributed by atoms with Crippen molar-refractivity contribution in [1.82, 2.24) is 10.1 Å². The molecule has 1 aromatic heterocycles. The summed E-state index contributed by atoms with van der Waals surface area (Å²) in [5, 5.41) is 3.80. The van der Waals surface area contributed by atoms with E-state index in [0.29, 0.717) is 19.4 Å². The number of halogens is 2. The van der Waals surface area contributed by atoms with Crippen LogP contribution in [0, 0.1) is 12.8 Å². The number of hydrogen-bond acceptors (Lipinski definition) is 3. The Morgan fingerprint density at radius 1 is 1.50 bits per heavy atom. The van der Waals surface area contributed by atoms with Gasteiger partial charge in [-0.1, -0.05) is 5.16 Å². The fraction of sp³-hybridized carbons (Fsp3) is 0.727. The maximum atomic E-state index is 12.4. The molecule has 0 bridgehead atoms. The summed E-state index contributed by atoms with van der Waals surface area (Å²) in [6.07, 6.45) is -1.02. The molecule has 0 saturated carbocycles. The van der Waals surface area contributed by atoms with Crippen molar-refractivity contribution in [2.75, 3.05) is 13.1 Å². The molecular weight excluding hydrogens is 214 g/mol. The number of nitrogens with zero attached hydrogens (tertiary/aromatic N) is 2. The van der Waals surface area contributed by atoms with Crippen molar-refractivity contribution in [3.05, 3.63) is 17.5 Å². The van der Waals surface area contributed by atoms with Gasteiger partial charge in [-0.15, -0.1) is 0 Å². The van der Waals surface area contributed by atoms with Gasteiger partial charge in [0, 0.05) is 12.0 Å². The van der Waals surface area contributed by atoms with Crippen molar-refractivity contribution in [3.63, 3.8) is 0 Å². The van der Waals surface area contributed by atoms with Gasteiger partial charge in [-0.2, -0.15) is 0 Å². The predicted molar refractivity (Wildman–Crippen MR) is 55.2 cm³/mol. The van der Waals surface area contributed by atoms with E-state index >= 15 is 0 Å². The number of piperidine rings is 1. The van der Waals surface area contributed by atoms with Crippen molar-refractivity contribution >= 4 is 0 Å². The minimum absolute atomic E-state index is 0.423. The third-order valence-corrected chi connectivity index (χ3v) is 3.04. The van der Waals surface area contributed by atoms with E-state index in [0.717, 1.165) is 24.5 Å². The Kier molecular flexibility index (Phi) is 3.53. The summed E-state index contributed by atoms with van der Waals surface area (Å²) >= 11 is 0. The normalized spacial score (nSPS) is 19.5. The summed E-state index contributed by atoms with van der Waals surface area (Å²) in [6.45, 7) is 3.98. The van der Waals surface area contributed by atoms with Crippen molar-refractivity contribution in [3.8, 4) is 0 Å². The van der Waals surface area contributed by atoms with Gasteiger partial charge in [0.1, 0.15) is 0 Å². The van der Waals surface area contributed by atoms with Crippen LogP contribution in [-0.2, 0) is 6.54 Å². The first-order valence-electron chi connectivity index (χ1n) is 5.58. The number of likely N-dealkylation sites (tertiary alicyclic amines) is 1. The SMILES string of the molecule is Cc1cc(CN2CCC(C(F)F)CC2)on1. The Morgan fingerprint density at radius 2 is 2.19 bits per heavy atom. The highest BCUT2D eigenvalue weighted by molar-refractivity contribution is 5.02. The second-order valence-electron chi connectivity index (χ2n) is 4.38. The summed E-state index contributed by atoms with van der Waals surface area (Å²) in [5.74, 6) is 0.390. The molecule has 0 amide bonds. The van der Waals surface area contributed by atoms with E-state index in [1.165, 1.54) is 0 Å². The van der Waals surface area contributed by atoms with Crippen LogP contribution in [0.1, 0.15) is 24.3 Å². The highest BCUT2D eigenvalue weighted by atomic mass is 19.3. The summed E-state index contributed by atoms with van der Waals surface area (Å²) in [5.41, 5.74) is 0.859. The van der Waals surface area contributed by atoms with Crippen LogP contribution in [0.2, 0.25) is 0 Å². The molecule has 2 heterocycles. The van der Waals surface area contributed by atoms with Gasteiger partial charge in [0.25, 0.3) is 0 Å². The first-order valence-corrected chi connectivity index (χ1v) is 5.58. The van der Waals surface area contributed by atoms with Gasteiger partial charge in [0.2, 0.25) is 6.43 Å². The van der Waals surface area contributed by atoms with Crippen molar-refractivity contribution < 1.29 is 13.3 Å². The summed E-state index contributed by atoms with van der Waals surface area (Å²) in [6, 6.07) is 1.89. The highest BCUT2D eigenvalue weighted by Gasteiger charge is 2.26. The second-order valence-corrected chi connectivity index (χ2v) is 4.38. The lowest BCUT2D eigenvalue weighted by atomic mass is 9.97. The minimum atomic E-state index is -2.17. The second kappa shape index (κ2) is 4.91. The van der Waals surface area contributed by atoms with Crippen LogP contribution in [0.3, 0.4) is 0 Å². The molecule has 1 aliphatic heterocycles. The maximum Gasteiger partial charge on any atom is 0.241 e. The van der Waals surface area contributed by atoms with Gasteiger partial charge in [-0.25, -0.2) is 8.78 Å². The molecule has 0 spiro atoms. The van der Waals surface area contributed by atoms with Gasteiger partial charge >= 0.3 is 0 Å². The van der Waals surface area contributed by atoms with Crippen molar-refractivity contribution in [2.45, 2.75) is 32.7 Å².